The molecule has 116 valence electrons. The van der Waals surface area contributed by atoms with E-state index >= 15 is 0 Å². The van der Waals surface area contributed by atoms with Gasteiger partial charge in [-0.2, -0.15) is 0 Å². The van der Waals surface area contributed by atoms with Crippen molar-refractivity contribution in [2.24, 2.45) is 5.92 Å². The molecule has 0 aliphatic carbocycles. The van der Waals surface area contributed by atoms with E-state index in [-0.39, 0.29) is 5.91 Å². The van der Waals surface area contributed by atoms with Gasteiger partial charge in [0, 0.05) is 12.1 Å². The minimum atomic E-state index is 0.104. The summed E-state index contributed by atoms with van der Waals surface area (Å²) in [7, 11) is 0. The van der Waals surface area contributed by atoms with Gasteiger partial charge < -0.3 is 15.4 Å². The molecular weight excluding hydrogens is 264 g/mol. The normalized spacial score (nSPS) is 18.3. The van der Waals surface area contributed by atoms with Gasteiger partial charge in [-0.05, 0) is 75.9 Å². The number of piperidine rings is 1. The highest BCUT2D eigenvalue weighted by Crippen LogP contribution is 2.22. The molecule has 4 heteroatoms. The molecule has 1 unspecified atom stereocenters. The van der Waals surface area contributed by atoms with Crippen molar-refractivity contribution in [2.75, 3.05) is 25.0 Å². The first-order valence-corrected chi connectivity index (χ1v) is 7.93. The quantitative estimate of drug-likeness (QED) is 0.846. The Kier molecular flexibility index (Phi) is 6.05. The van der Waals surface area contributed by atoms with Gasteiger partial charge in [-0.3, -0.25) is 4.79 Å². The van der Waals surface area contributed by atoms with E-state index in [4.69, 9.17) is 4.74 Å². The summed E-state index contributed by atoms with van der Waals surface area (Å²) < 4.78 is 5.45. The molecule has 0 aromatic heterocycles. The molecule has 1 aromatic carbocycles. The summed E-state index contributed by atoms with van der Waals surface area (Å²) >= 11 is 0. The first-order valence-electron chi connectivity index (χ1n) is 7.93. The lowest BCUT2D eigenvalue weighted by molar-refractivity contribution is -0.116. The summed E-state index contributed by atoms with van der Waals surface area (Å²) in [6, 6.07) is 5.78. The van der Waals surface area contributed by atoms with E-state index in [0.29, 0.717) is 18.9 Å². The molecule has 0 saturated carbocycles. The Morgan fingerprint density at radius 1 is 1.48 bits per heavy atom. The molecule has 2 rings (SSSR count). The van der Waals surface area contributed by atoms with Crippen molar-refractivity contribution in [3.8, 4) is 5.75 Å². The van der Waals surface area contributed by atoms with Crippen LogP contribution in [0.4, 0.5) is 5.69 Å². The van der Waals surface area contributed by atoms with E-state index in [2.05, 4.69) is 10.6 Å². The third kappa shape index (κ3) is 5.05. The van der Waals surface area contributed by atoms with E-state index in [0.717, 1.165) is 36.5 Å². The number of carbonyl (C=O) groups excluding carboxylic acids is 1. The van der Waals surface area contributed by atoms with Crippen molar-refractivity contribution < 1.29 is 9.53 Å². The van der Waals surface area contributed by atoms with Crippen molar-refractivity contribution in [3.63, 3.8) is 0 Å². The molecule has 1 fully saturated rings. The molecule has 0 radical (unpaired) electrons. The van der Waals surface area contributed by atoms with Crippen LogP contribution in [0.5, 0.6) is 5.75 Å². The zero-order valence-corrected chi connectivity index (χ0v) is 13.1. The Hall–Kier alpha value is -1.55. The fourth-order valence-corrected chi connectivity index (χ4v) is 2.75. The zero-order chi connectivity index (χ0) is 15.1. The Balaban J connectivity index is 1.81. The third-order valence-corrected chi connectivity index (χ3v) is 3.96. The summed E-state index contributed by atoms with van der Waals surface area (Å²) in [4.78, 5) is 12.1. The SMILES string of the molecule is CCOc1ccc(NC(=O)CCC2CCCNC2)c(C)c1. The van der Waals surface area contributed by atoms with E-state index in [1.807, 2.05) is 32.0 Å². The van der Waals surface area contributed by atoms with Gasteiger partial charge >= 0.3 is 0 Å². The number of rotatable bonds is 6. The van der Waals surface area contributed by atoms with Gasteiger partial charge in [-0.25, -0.2) is 0 Å². The van der Waals surface area contributed by atoms with E-state index < -0.39 is 0 Å². The van der Waals surface area contributed by atoms with Gasteiger partial charge in [-0.1, -0.05) is 0 Å². The van der Waals surface area contributed by atoms with Crippen LogP contribution in [0.1, 0.15) is 38.2 Å². The Labute approximate surface area is 127 Å². The molecule has 4 nitrogen and oxygen atoms in total. The van der Waals surface area contributed by atoms with E-state index in [1.165, 1.54) is 12.8 Å². The van der Waals surface area contributed by atoms with Crippen LogP contribution in [-0.4, -0.2) is 25.6 Å². The smallest absolute Gasteiger partial charge is 0.224 e. The lowest BCUT2D eigenvalue weighted by atomic mass is 9.94. The van der Waals surface area contributed by atoms with Gasteiger partial charge in [0.05, 0.1) is 6.61 Å². The molecule has 21 heavy (non-hydrogen) atoms. The molecule has 1 heterocycles. The van der Waals surface area contributed by atoms with Crippen LogP contribution in [0, 0.1) is 12.8 Å². The predicted molar refractivity (Wildman–Crippen MR) is 85.8 cm³/mol. The summed E-state index contributed by atoms with van der Waals surface area (Å²) in [6.07, 6.45) is 4.03. The highest BCUT2D eigenvalue weighted by Gasteiger charge is 2.14. The largest absolute Gasteiger partial charge is 0.494 e. The molecule has 2 N–H and O–H groups in total. The molecule has 1 aliphatic heterocycles. The number of ether oxygens (including phenoxy) is 1. The van der Waals surface area contributed by atoms with Crippen LogP contribution >= 0.6 is 0 Å². The fraction of sp³-hybridized carbons (Fsp3) is 0.588. The third-order valence-electron chi connectivity index (χ3n) is 3.96. The van der Waals surface area contributed by atoms with E-state index in [9.17, 15) is 4.79 Å². The van der Waals surface area contributed by atoms with Gasteiger partial charge in [0.15, 0.2) is 0 Å². The van der Waals surface area contributed by atoms with Crippen molar-refractivity contribution in [1.29, 1.82) is 0 Å². The van der Waals surface area contributed by atoms with Gasteiger partial charge in [0.25, 0.3) is 0 Å². The summed E-state index contributed by atoms with van der Waals surface area (Å²) in [5.74, 6) is 1.60. The van der Waals surface area contributed by atoms with Crippen LogP contribution in [-0.2, 0) is 4.79 Å². The minimum Gasteiger partial charge on any atom is -0.494 e. The molecular formula is C17H26N2O2. The van der Waals surface area contributed by atoms with Crippen molar-refractivity contribution in [1.82, 2.24) is 5.32 Å². The lowest BCUT2D eigenvalue weighted by Crippen LogP contribution is -2.30. The molecule has 1 aliphatic rings. The number of nitrogens with one attached hydrogen (secondary N) is 2. The molecule has 1 aromatic rings. The lowest BCUT2D eigenvalue weighted by Gasteiger charge is -2.22. The van der Waals surface area contributed by atoms with Gasteiger partial charge in [0.1, 0.15) is 5.75 Å². The maximum absolute atomic E-state index is 12.1. The van der Waals surface area contributed by atoms with Crippen LogP contribution in [0.2, 0.25) is 0 Å². The first kappa shape index (κ1) is 15.8. The van der Waals surface area contributed by atoms with Gasteiger partial charge in [0.2, 0.25) is 5.91 Å². The molecule has 1 amide bonds. The monoisotopic (exact) mass is 290 g/mol. The average Bonchev–Trinajstić information content (AvgIpc) is 2.49. The summed E-state index contributed by atoms with van der Waals surface area (Å²) in [5.41, 5.74) is 1.92. The van der Waals surface area contributed by atoms with Crippen LogP contribution in [0.25, 0.3) is 0 Å². The molecule has 1 saturated heterocycles. The van der Waals surface area contributed by atoms with Crippen molar-refractivity contribution >= 4 is 11.6 Å². The second kappa shape index (κ2) is 8.03. The van der Waals surface area contributed by atoms with Crippen molar-refractivity contribution in [3.05, 3.63) is 23.8 Å². The van der Waals surface area contributed by atoms with Gasteiger partial charge in [-0.15, -0.1) is 0 Å². The number of anilines is 1. The first-order chi connectivity index (χ1) is 10.2. The van der Waals surface area contributed by atoms with E-state index in [1.54, 1.807) is 0 Å². The average molecular weight is 290 g/mol. The topological polar surface area (TPSA) is 50.4 Å². The highest BCUT2D eigenvalue weighted by molar-refractivity contribution is 5.91. The highest BCUT2D eigenvalue weighted by atomic mass is 16.5. The number of hydrogen-bond acceptors (Lipinski definition) is 3. The molecule has 1 atom stereocenters. The van der Waals surface area contributed by atoms with Crippen LogP contribution < -0.4 is 15.4 Å². The maximum Gasteiger partial charge on any atom is 0.224 e. The van der Waals surface area contributed by atoms with Crippen molar-refractivity contribution in [2.45, 2.75) is 39.5 Å². The maximum atomic E-state index is 12.1. The van der Waals surface area contributed by atoms with Crippen LogP contribution in [0.15, 0.2) is 18.2 Å². The number of hydrogen-bond donors (Lipinski definition) is 2. The second-order valence-corrected chi connectivity index (χ2v) is 5.71. The standard InChI is InChI=1S/C17H26N2O2/c1-3-21-15-7-8-16(13(2)11-15)19-17(20)9-6-14-5-4-10-18-12-14/h7-8,11,14,18H,3-6,9-10,12H2,1-2H3,(H,19,20). The molecule has 0 spiro atoms. The summed E-state index contributed by atoms with van der Waals surface area (Å²) in [6.45, 7) is 6.78. The zero-order valence-electron chi connectivity index (χ0n) is 13.1. The minimum absolute atomic E-state index is 0.104. The second-order valence-electron chi connectivity index (χ2n) is 5.71. The Morgan fingerprint density at radius 3 is 3.00 bits per heavy atom. The number of benzene rings is 1. The number of carbonyl (C=O) groups is 1. The van der Waals surface area contributed by atoms with Crippen LogP contribution in [0.3, 0.4) is 0 Å². The number of aryl methyl sites for hydroxylation is 1. The predicted octanol–water partition coefficient (Wildman–Crippen LogP) is 3.11. The Bertz CT molecular complexity index is 468. The fourth-order valence-electron chi connectivity index (χ4n) is 2.75. The number of amides is 1. The Morgan fingerprint density at radius 2 is 2.33 bits per heavy atom. The molecule has 0 bridgehead atoms. The summed E-state index contributed by atoms with van der Waals surface area (Å²) in [5, 5.41) is 6.39.